The second-order valence-electron chi connectivity index (χ2n) is 4.81. The summed E-state index contributed by atoms with van der Waals surface area (Å²) >= 11 is 0. The van der Waals surface area contributed by atoms with Gasteiger partial charge in [0, 0.05) is 0 Å². The molecule has 1 N–H and O–H groups in total. The fraction of sp³-hybridized carbons (Fsp3) is 0.125. The first-order valence-corrected chi connectivity index (χ1v) is 6.65. The van der Waals surface area contributed by atoms with E-state index >= 15 is 0 Å². The van der Waals surface area contributed by atoms with Crippen LogP contribution in [0.25, 0.3) is 22.3 Å². The fourth-order valence-corrected chi connectivity index (χ4v) is 2.39. The third-order valence-electron chi connectivity index (χ3n) is 3.40. The zero-order valence-corrected chi connectivity index (χ0v) is 11.9. The number of benzene rings is 2. The number of hydrogen-bond acceptors (Lipinski definition) is 3. The van der Waals surface area contributed by atoms with Gasteiger partial charge in [0.05, 0.1) is 29.1 Å². The van der Waals surface area contributed by atoms with Crippen molar-refractivity contribution >= 4 is 10.9 Å². The van der Waals surface area contributed by atoms with Gasteiger partial charge >= 0.3 is 6.18 Å². The SMILES string of the molecule is COc1cccc(C(F)(F)F)c1-c1nc2ccccc2c(=O)[nH]1. The molecule has 0 aliphatic heterocycles. The standard InChI is InChI=1S/C16H11F3N2O2/c1-23-12-8-4-6-10(16(17,18)19)13(12)14-20-11-7-3-2-5-9(11)15(22)21-14/h2-8H,1H3,(H,20,21,22). The van der Waals surface area contributed by atoms with Gasteiger partial charge in [-0.3, -0.25) is 4.79 Å². The first kappa shape index (κ1) is 15.1. The predicted molar refractivity (Wildman–Crippen MR) is 79.4 cm³/mol. The third-order valence-corrected chi connectivity index (χ3v) is 3.40. The lowest BCUT2D eigenvalue weighted by atomic mass is 10.0. The van der Waals surface area contributed by atoms with E-state index in [2.05, 4.69) is 9.97 Å². The van der Waals surface area contributed by atoms with Crippen LogP contribution in [0.5, 0.6) is 5.75 Å². The fourth-order valence-electron chi connectivity index (χ4n) is 2.39. The van der Waals surface area contributed by atoms with Crippen molar-refractivity contribution in [2.75, 3.05) is 7.11 Å². The number of fused-ring (bicyclic) bond motifs is 1. The molecule has 2 aromatic carbocycles. The average Bonchev–Trinajstić information content (AvgIpc) is 2.53. The Bertz CT molecular complexity index is 932. The molecular weight excluding hydrogens is 309 g/mol. The number of alkyl halides is 3. The molecule has 1 heterocycles. The molecule has 0 unspecified atom stereocenters. The van der Waals surface area contributed by atoms with Crippen molar-refractivity contribution in [2.24, 2.45) is 0 Å². The maximum atomic E-state index is 13.3. The summed E-state index contributed by atoms with van der Waals surface area (Å²) in [6.07, 6.45) is -4.60. The highest BCUT2D eigenvalue weighted by atomic mass is 19.4. The molecule has 0 spiro atoms. The normalized spacial score (nSPS) is 11.7. The summed E-state index contributed by atoms with van der Waals surface area (Å²) in [7, 11) is 1.26. The van der Waals surface area contributed by atoms with Gasteiger partial charge in [0.1, 0.15) is 11.6 Å². The Morgan fingerprint density at radius 3 is 2.52 bits per heavy atom. The van der Waals surface area contributed by atoms with Gasteiger partial charge in [0.2, 0.25) is 0 Å². The molecule has 0 saturated heterocycles. The van der Waals surface area contributed by atoms with E-state index in [4.69, 9.17) is 4.74 Å². The highest BCUT2D eigenvalue weighted by molar-refractivity contribution is 5.80. The maximum Gasteiger partial charge on any atom is 0.417 e. The molecule has 1 aromatic heterocycles. The summed E-state index contributed by atoms with van der Waals surface area (Å²) in [5.41, 5.74) is -1.41. The molecule has 0 aliphatic carbocycles. The van der Waals surface area contributed by atoms with Crippen LogP contribution < -0.4 is 10.3 Å². The first-order valence-electron chi connectivity index (χ1n) is 6.65. The lowest BCUT2D eigenvalue weighted by Crippen LogP contribution is -2.13. The molecule has 23 heavy (non-hydrogen) atoms. The number of aromatic nitrogens is 2. The second-order valence-corrected chi connectivity index (χ2v) is 4.81. The summed E-state index contributed by atoms with van der Waals surface area (Å²) in [5, 5.41) is 0.305. The van der Waals surface area contributed by atoms with Gasteiger partial charge in [-0.2, -0.15) is 13.2 Å². The summed E-state index contributed by atoms with van der Waals surface area (Å²) in [5.74, 6) is -0.197. The Morgan fingerprint density at radius 2 is 1.83 bits per heavy atom. The van der Waals surface area contributed by atoms with E-state index in [1.165, 1.54) is 19.2 Å². The van der Waals surface area contributed by atoms with Crippen LogP contribution in [0.1, 0.15) is 5.56 Å². The molecule has 7 heteroatoms. The third kappa shape index (κ3) is 2.65. The van der Waals surface area contributed by atoms with Crippen LogP contribution in [0.3, 0.4) is 0 Å². The van der Waals surface area contributed by atoms with Crippen molar-refractivity contribution in [1.29, 1.82) is 0 Å². The Balaban J connectivity index is 2.37. The van der Waals surface area contributed by atoms with Gasteiger partial charge in [-0.05, 0) is 24.3 Å². The summed E-state index contributed by atoms with van der Waals surface area (Å²) in [4.78, 5) is 18.7. The van der Waals surface area contributed by atoms with Crippen LogP contribution in [-0.4, -0.2) is 17.1 Å². The van der Waals surface area contributed by atoms with Crippen LogP contribution in [-0.2, 0) is 6.18 Å². The number of nitrogens with one attached hydrogen (secondary N) is 1. The summed E-state index contributed by atoms with van der Waals surface area (Å²) < 4.78 is 44.9. The minimum absolute atomic E-state index is 0.0155. The number of halogens is 3. The Hall–Kier alpha value is -2.83. The highest BCUT2D eigenvalue weighted by Gasteiger charge is 2.36. The first-order chi connectivity index (χ1) is 10.9. The number of hydrogen-bond donors (Lipinski definition) is 1. The molecule has 118 valence electrons. The van der Waals surface area contributed by atoms with Crippen LogP contribution in [0.2, 0.25) is 0 Å². The molecule has 3 aromatic rings. The zero-order valence-electron chi connectivity index (χ0n) is 11.9. The van der Waals surface area contributed by atoms with Crippen molar-refractivity contribution in [3.05, 3.63) is 58.4 Å². The zero-order chi connectivity index (χ0) is 16.6. The number of para-hydroxylation sites is 1. The van der Waals surface area contributed by atoms with E-state index in [1.54, 1.807) is 24.3 Å². The van der Waals surface area contributed by atoms with Crippen molar-refractivity contribution in [1.82, 2.24) is 9.97 Å². The topological polar surface area (TPSA) is 55.0 Å². The Morgan fingerprint density at radius 1 is 1.09 bits per heavy atom. The van der Waals surface area contributed by atoms with E-state index in [-0.39, 0.29) is 17.1 Å². The van der Waals surface area contributed by atoms with Gasteiger partial charge in [0.25, 0.3) is 5.56 Å². The molecule has 0 atom stereocenters. The number of aromatic amines is 1. The average molecular weight is 320 g/mol. The highest BCUT2D eigenvalue weighted by Crippen LogP contribution is 2.40. The number of ether oxygens (including phenoxy) is 1. The van der Waals surface area contributed by atoms with Gasteiger partial charge in [-0.25, -0.2) is 4.98 Å². The quantitative estimate of drug-likeness (QED) is 0.784. The Kier molecular flexibility index (Phi) is 3.55. The van der Waals surface area contributed by atoms with E-state index in [0.717, 1.165) is 6.07 Å². The van der Waals surface area contributed by atoms with Crippen molar-refractivity contribution in [2.45, 2.75) is 6.18 Å². The predicted octanol–water partition coefficient (Wildman–Crippen LogP) is 3.62. The van der Waals surface area contributed by atoms with Crippen molar-refractivity contribution in [3.63, 3.8) is 0 Å². The molecule has 3 rings (SSSR count). The number of rotatable bonds is 2. The number of nitrogens with zero attached hydrogens (tertiary/aromatic N) is 1. The molecule has 0 bridgehead atoms. The largest absolute Gasteiger partial charge is 0.496 e. The van der Waals surface area contributed by atoms with Gasteiger partial charge < -0.3 is 9.72 Å². The van der Waals surface area contributed by atoms with Crippen LogP contribution in [0.15, 0.2) is 47.3 Å². The van der Waals surface area contributed by atoms with Crippen LogP contribution in [0, 0.1) is 0 Å². The van der Waals surface area contributed by atoms with Crippen molar-refractivity contribution < 1.29 is 17.9 Å². The van der Waals surface area contributed by atoms with E-state index < -0.39 is 17.3 Å². The minimum Gasteiger partial charge on any atom is -0.496 e. The Labute approximate surface area is 128 Å². The van der Waals surface area contributed by atoms with Crippen LogP contribution >= 0.6 is 0 Å². The monoisotopic (exact) mass is 320 g/mol. The molecule has 0 fully saturated rings. The number of H-pyrrole nitrogens is 1. The maximum absolute atomic E-state index is 13.3. The molecular formula is C16H11F3N2O2. The minimum atomic E-state index is -4.60. The summed E-state index contributed by atoms with van der Waals surface area (Å²) in [6, 6.07) is 9.99. The number of methoxy groups -OCH3 is 1. The molecule has 0 radical (unpaired) electrons. The van der Waals surface area contributed by atoms with Gasteiger partial charge in [-0.1, -0.05) is 18.2 Å². The second kappa shape index (κ2) is 5.42. The molecule has 4 nitrogen and oxygen atoms in total. The summed E-state index contributed by atoms with van der Waals surface area (Å²) in [6.45, 7) is 0. The van der Waals surface area contributed by atoms with E-state index in [0.29, 0.717) is 10.9 Å². The van der Waals surface area contributed by atoms with E-state index in [9.17, 15) is 18.0 Å². The smallest absolute Gasteiger partial charge is 0.417 e. The lowest BCUT2D eigenvalue weighted by Gasteiger charge is -2.15. The molecule has 0 aliphatic rings. The van der Waals surface area contributed by atoms with Gasteiger partial charge in [0.15, 0.2) is 0 Å². The van der Waals surface area contributed by atoms with Gasteiger partial charge in [-0.15, -0.1) is 0 Å². The lowest BCUT2D eigenvalue weighted by molar-refractivity contribution is -0.137. The van der Waals surface area contributed by atoms with Crippen molar-refractivity contribution in [3.8, 4) is 17.1 Å². The van der Waals surface area contributed by atoms with Crippen LogP contribution in [0.4, 0.5) is 13.2 Å². The molecule has 0 amide bonds. The molecule has 0 saturated carbocycles. The van der Waals surface area contributed by atoms with E-state index in [1.807, 2.05) is 0 Å².